The van der Waals surface area contributed by atoms with Crippen LogP contribution in [-0.2, 0) is 9.59 Å². The standard InChI is InChI=1S/C13H23N3O4/c1-9-2-5-13(6-3-9,11(18)19)8-16-12(20)15-7-4-10(14)17/h9H,2-8H2,1H3,(H2,14,17)(H,18,19)(H2,15,16,20). The molecular weight excluding hydrogens is 262 g/mol. The Balaban J connectivity index is 2.41. The highest BCUT2D eigenvalue weighted by Crippen LogP contribution is 2.38. The highest BCUT2D eigenvalue weighted by molar-refractivity contribution is 5.79. The van der Waals surface area contributed by atoms with Gasteiger partial charge >= 0.3 is 12.0 Å². The van der Waals surface area contributed by atoms with Gasteiger partial charge < -0.3 is 21.5 Å². The Kier molecular flexibility index (Phi) is 5.79. The van der Waals surface area contributed by atoms with Crippen LogP contribution in [0.5, 0.6) is 0 Å². The van der Waals surface area contributed by atoms with E-state index in [2.05, 4.69) is 17.6 Å². The number of nitrogens with two attached hydrogens (primary N) is 1. The molecule has 7 nitrogen and oxygen atoms in total. The zero-order valence-corrected chi connectivity index (χ0v) is 11.8. The minimum Gasteiger partial charge on any atom is -0.481 e. The topological polar surface area (TPSA) is 122 Å². The average molecular weight is 285 g/mol. The van der Waals surface area contributed by atoms with Gasteiger partial charge in [-0.1, -0.05) is 6.92 Å². The molecule has 0 aliphatic heterocycles. The van der Waals surface area contributed by atoms with E-state index in [9.17, 15) is 19.5 Å². The predicted molar refractivity (Wildman–Crippen MR) is 72.9 cm³/mol. The van der Waals surface area contributed by atoms with Crippen molar-refractivity contribution in [2.75, 3.05) is 13.1 Å². The number of carboxylic acids is 1. The van der Waals surface area contributed by atoms with Crippen molar-refractivity contribution >= 4 is 17.9 Å². The van der Waals surface area contributed by atoms with Crippen LogP contribution >= 0.6 is 0 Å². The minimum absolute atomic E-state index is 0.0645. The van der Waals surface area contributed by atoms with Gasteiger partial charge in [0.05, 0.1) is 5.41 Å². The molecule has 0 heterocycles. The van der Waals surface area contributed by atoms with Crippen LogP contribution in [0.25, 0.3) is 0 Å². The van der Waals surface area contributed by atoms with Gasteiger partial charge in [0.25, 0.3) is 0 Å². The van der Waals surface area contributed by atoms with E-state index in [1.807, 2.05) is 0 Å². The number of rotatable bonds is 6. The molecule has 0 radical (unpaired) electrons. The maximum absolute atomic E-state index is 11.5. The van der Waals surface area contributed by atoms with Crippen LogP contribution in [-0.4, -0.2) is 36.1 Å². The largest absolute Gasteiger partial charge is 0.481 e. The summed E-state index contributed by atoms with van der Waals surface area (Å²) >= 11 is 0. The fourth-order valence-corrected chi connectivity index (χ4v) is 2.39. The number of carboxylic acid groups (broad SMARTS) is 1. The Morgan fingerprint density at radius 3 is 2.35 bits per heavy atom. The van der Waals surface area contributed by atoms with Gasteiger partial charge in [0.2, 0.25) is 5.91 Å². The maximum atomic E-state index is 11.5. The summed E-state index contributed by atoms with van der Waals surface area (Å²) in [6, 6.07) is -0.467. The van der Waals surface area contributed by atoms with Crippen LogP contribution in [0.2, 0.25) is 0 Å². The van der Waals surface area contributed by atoms with Crippen molar-refractivity contribution in [2.24, 2.45) is 17.1 Å². The van der Waals surface area contributed by atoms with Crippen molar-refractivity contribution in [3.63, 3.8) is 0 Å². The summed E-state index contributed by atoms with van der Waals surface area (Å²) in [5.41, 5.74) is 4.09. The fourth-order valence-electron chi connectivity index (χ4n) is 2.39. The molecule has 0 atom stereocenters. The number of amides is 3. The first-order valence-corrected chi connectivity index (χ1v) is 6.89. The highest BCUT2D eigenvalue weighted by atomic mass is 16.4. The van der Waals surface area contributed by atoms with Crippen molar-refractivity contribution in [1.29, 1.82) is 0 Å². The van der Waals surface area contributed by atoms with Crippen molar-refractivity contribution in [2.45, 2.75) is 39.0 Å². The monoisotopic (exact) mass is 285 g/mol. The maximum Gasteiger partial charge on any atom is 0.314 e. The molecular formula is C13H23N3O4. The van der Waals surface area contributed by atoms with Crippen molar-refractivity contribution in [3.05, 3.63) is 0 Å². The smallest absolute Gasteiger partial charge is 0.314 e. The molecule has 0 aromatic carbocycles. The third-order valence-electron chi connectivity index (χ3n) is 3.93. The molecule has 0 spiro atoms. The average Bonchev–Trinajstić information content (AvgIpc) is 2.37. The molecule has 114 valence electrons. The number of hydrogen-bond acceptors (Lipinski definition) is 3. The number of hydrogen-bond donors (Lipinski definition) is 4. The van der Waals surface area contributed by atoms with E-state index >= 15 is 0 Å². The van der Waals surface area contributed by atoms with Gasteiger partial charge in [0.15, 0.2) is 0 Å². The van der Waals surface area contributed by atoms with E-state index < -0.39 is 23.3 Å². The summed E-state index contributed by atoms with van der Waals surface area (Å²) in [5.74, 6) is -0.817. The lowest BCUT2D eigenvalue weighted by atomic mass is 9.71. The molecule has 7 heteroatoms. The second-order valence-corrected chi connectivity index (χ2v) is 5.59. The Hall–Kier alpha value is -1.79. The fraction of sp³-hybridized carbons (Fsp3) is 0.769. The predicted octanol–water partition coefficient (Wildman–Crippen LogP) is 0.442. The summed E-state index contributed by atoms with van der Waals surface area (Å²) < 4.78 is 0. The van der Waals surface area contributed by atoms with Gasteiger partial charge in [-0.2, -0.15) is 0 Å². The van der Waals surface area contributed by atoms with Crippen molar-refractivity contribution in [1.82, 2.24) is 10.6 Å². The lowest BCUT2D eigenvalue weighted by Crippen LogP contribution is -2.48. The molecule has 3 amide bonds. The molecule has 1 aliphatic carbocycles. The van der Waals surface area contributed by atoms with Crippen molar-refractivity contribution in [3.8, 4) is 0 Å². The van der Waals surface area contributed by atoms with Crippen molar-refractivity contribution < 1.29 is 19.5 Å². The summed E-state index contributed by atoms with van der Waals surface area (Å²) in [4.78, 5) is 33.5. The number of carbonyl (C=O) groups is 3. The van der Waals surface area contributed by atoms with Gasteiger partial charge in [-0.05, 0) is 31.6 Å². The number of carbonyl (C=O) groups excluding carboxylic acids is 2. The second kappa shape index (κ2) is 7.12. The molecule has 0 aromatic rings. The highest BCUT2D eigenvalue weighted by Gasteiger charge is 2.41. The van der Waals surface area contributed by atoms with Gasteiger partial charge in [-0.25, -0.2) is 4.79 Å². The van der Waals surface area contributed by atoms with E-state index in [0.717, 1.165) is 12.8 Å². The molecule has 1 aliphatic rings. The van der Waals surface area contributed by atoms with Gasteiger partial charge in [-0.15, -0.1) is 0 Å². The number of aliphatic carboxylic acids is 1. The Morgan fingerprint density at radius 2 is 1.85 bits per heavy atom. The van der Waals surface area contributed by atoms with Gasteiger partial charge in [0, 0.05) is 19.5 Å². The molecule has 5 N–H and O–H groups in total. The quantitative estimate of drug-likeness (QED) is 0.565. The molecule has 0 bridgehead atoms. The Labute approximate surface area is 118 Å². The van der Waals surface area contributed by atoms with Crippen LogP contribution in [0.4, 0.5) is 4.79 Å². The SMILES string of the molecule is CC1CCC(CNC(=O)NCCC(N)=O)(C(=O)O)CC1. The minimum atomic E-state index is -0.868. The zero-order valence-electron chi connectivity index (χ0n) is 11.8. The van der Waals surface area contributed by atoms with E-state index in [1.165, 1.54) is 0 Å². The molecule has 1 rings (SSSR count). The molecule has 1 fully saturated rings. The Morgan fingerprint density at radius 1 is 1.25 bits per heavy atom. The van der Waals surface area contributed by atoms with E-state index in [4.69, 9.17) is 5.73 Å². The lowest BCUT2D eigenvalue weighted by Gasteiger charge is -2.35. The van der Waals surface area contributed by atoms with Crippen LogP contribution < -0.4 is 16.4 Å². The van der Waals surface area contributed by atoms with E-state index in [-0.39, 0.29) is 19.5 Å². The third kappa shape index (κ3) is 4.71. The Bertz CT molecular complexity index is 376. The van der Waals surface area contributed by atoms with E-state index in [1.54, 1.807) is 0 Å². The summed E-state index contributed by atoms with van der Waals surface area (Å²) in [5, 5.41) is 14.5. The van der Waals surface area contributed by atoms with E-state index in [0.29, 0.717) is 18.8 Å². The molecule has 1 saturated carbocycles. The summed E-state index contributed by atoms with van der Waals surface area (Å²) in [6.07, 6.45) is 2.93. The molecule has 0 saturated heterocycles. The molecule has 20 heavy (non-hydrogen) atoms. The molecule has 0 unspecified atom stereocenters. The number of nitrogens with one attached hydrogen (secondary N) is 2. The lowest BCUT2D eigenvalue weighted by molar-refractivity contribution is -0.151. The number of urea groups is 1. The van der Waals surface area contributed by atoms with Gasteiger partial charge in [-0.3, -0.25) is 9.59 Å². The molecule has 0 aromatic heterocycles. The van der Waals surface area contributed by atoms with Crippen LogP contribution in [0.3, 0.4) is 0 Å². The first-order chi connectivity index (χ1) is 9.35. The van der Waals surface area contributed by atoms with Crippen LogP contribution in [0.15, 0.2) is 0 Å². The van der Waals surface area contributed by atoms with Crippen LogP contribution in [0, 0.1) is 11.3 Å². The van der Waals surface area contributed by atoms with Gasteiger partial charge in [0.1, 0.15) is 0 Å². The summed E-state index contributed by atoms with van der Waals surface area (Å²) in [6.45, 7) is 2.37. The second-order valence-electron chi connectivity index (χ2n) is 5.59. The summed E-state index contributed by atoms with van der Waals surface area (Å²) in [7, 11) is 0. The van der Waals surface area contributed by atoms with Crippen LogP contribution in [0.1, 0.15) is 39.0 Å². The zero-order chi connectivity index (χ0) is 15.2. The number of primary amides is 1. The third-order valence-corrected chi connectivity index (χ3v) is 3.93. The normalized spacial score (nSPS) is 25.8. The first kappa shape index (κ1) is 16.3. The first-order valence-electron chi connectivity index (χ1n) is 6.89.